The first kappa shape index (κ1) is 20.0. The lowest BCUT2D eigenvalue weighted by Crippen LogP contribution is -2.25. The lowest BCUT2D eigenvalue weighted by atomic mass is 10.2. The van der Waals surface area contributed by atoms with Gasteiger partial charge in [0.2, 0.25) is 0 Å². The summed E-state index contributed by atoms with van der Waals surface area (Å²) in [5, 5.41) is 2.33. The fourth-order valence-electron chi connectivity index (χ4n) is 2.06. The maximum Gasteiger partial charge on any atom is 0.446 e. The van der Waals surface area contributed by atoms with E-state index in [1.807, 2.05) is 25.1 Å². The molecule has 8 heteroatoms. The standard InChI is InChI=1S/C18H18F3NO3S/c1-12-6-5-7-14(10-12)24-11-13(2)25-17(23)22-15-8-3-4-9-16(15)26-18(19,20)21/h3-10,13H,11H2,1-2H3,(H,22,23). The van der Waals surface area contributed by atoms with E-state index >= 15 is 0 Å². The van der Waals surface area contributed by atoms with Gasteiger partial charge >= 0.3 is 11.6 Å². The summed E-state index contributed by atoms with van der Waals surface area (Å²) in [6.45, 7) is 3.68. The fourth-order valence-corrected chi connectivity index (χ4v) is 2.68. The lowest BCUT2D eigenvalue weighted by molar-refractivity contribution is -0.0328. The molecule has 0 aliphatic carbocycles. The van der Waals surface area contributed by atoms with Crippen molar-refractivity contribution in [3.63, 3.8) is 0 Å². The molecule has 2 aromatic carbocycles. The number of para-hydroxylation sites is 1. The summed E-state index contributed by atoms with van der Waals surface area (Å²) in [6, 6.07) is 13.0. The first-order chi connectivity index (χ1) is 12.2. The number of carbonyl (C=O) groups is 1. The van der Waals surface area contributed by atoms with Crippen LogP contribution in [0.4, 0.5) is 23.7 Å². The molecule has 0 fully saturated rings. The first-order valence-corrected chi connectivity index (χ1v) is 8.56. The molecule has 1 unspecified atom stereocenters. The summed E-state index contributed by atoms with van der Waals surface area (Å²) in [6.07, 6.45) is -1.43. The van der Waals surface area contributed by atoms with Gasteiger partial charge in [-0.3, -0.25) is 5.32 Å². The van der Waals surface area contributed by atoms with Gasteiger partial charge in [-0.2, -0.15) is 13.2 Å². The van der Waals surface area contributed by atoms with E-state index < -0.39 is 17.7 Å². The molecule has 26 heavy (non-hydrogen) atoms. The van der Waals surface area contributed by atoms with Crippen LogP contribution in [0.2, 0.25) is 0 Å². The van der Waals surface area contributed by atoms with Crippen LogP contribution in [0.1, 0.15) is 12.5 Å². The molecule has 140 valence electrons. The largest absolute Gasteiger partial charge is 0.490 e. The molecular formula is C18H18F3NO3S. The zero-order chi connectivity index (χ0) is 19.2. The number of rotatable bonds is 6. The minimum absolute atomic E-state index is 0.0339. The number of hydrogen-bond donors (Lipinski definition) is 1. The molecule has 0 aliphatic rings. The van der Waals surface area contributed by atoms with Crippen molar-refractivity contribution in [2.24, 2.45) is 0 Å². The molecule has 0 saturated carbocycles. The van der Waals surface area contributed by atoms with Gasteiger partial charge in [-0.1, -0.05) is 24.3 Å². The average molecular weight is 385 g/mol. The van der Waals surface area contributed by atoms with E-state index in [9.17, 15) is 18.0 Å². The summed E-state index contributed by atoms with van der Waals surface area (Å²) in [7, 11) is 0. The summed E-state index contributed by atoms with van der Waals surface area (Å²) >= 11 is -0.298. The van der Waals surface area contributed by atoms with Crippen LogP contribution in [-0.4, -0.2) is 24.3 Å². The van der Waals surface area contributed by atoms with Crippen molar-refractivity contribution in [2.45, 2.75) is 30.4 Å². The van der Waals surface area contributed by atoms with Gasteiger partial charge in [-0.25, -0.2) is 4.79 Å². The Kier molecular flexibility index (Phi) is 6.79. The molecule has 0 saturated heterocycles. The van der Waals surface area contributed by atoms with Gasteiger partial charge in [0, 0.05) is 4.90 Å². The molecule has 0 aliphatic heterocycles. The number of benzene rings is 2. The van der Waals surface area contributed by atoms with Crippen molar-refractivity contribution in [1.29, 1.82) is 0 Å². The van der Waals surface area contributed by atoms with Crippen LogP contribution in [0, 0.1) is 6.92 Å². The molecule has 0 heterocycles. The van der Waals surface area contributed by atoms with Crippen LogP contribution < -0.4 is 10.1 Å². The number of thioether (sulfide) groups is 1. The molecule has 0 aromatic heterocycles. The van der Waals surface area contributed by atoms with Crippen LogP contribution in [-0.2, 0) is 4.74 Å². The van der Waals surface area contributed by atoms with Gasteiger partial charge in [-0.05, 0) is 55.4 Å². The van der Waals surface area contributed by atoms with Crippen molar-refractivity contribution in [3.05, 3.63) is 54.1 Å². The number of anilines is 1. The fraction of sp³-hybridized carbons (Fsp3) is 0.278. The number of nitrogens with one attached hydrogen (secondary N) is 1. The third-order valence-corrected chi connectivity index (χ3v) is 3.94. The van der Waals surface area contributed by atoms with E-state index in [-0.39, 0.29) is 29.0 Å². The van der Waals surface area contributed by atoms with Crippen LogP contribution in [0.5, 0.6) is 5.75 Å². The summed E-state index contributed by atoms with van der Waals surface area (Å²) in [5.41, 5.74) is -3.38. The number of aryl methyl sites for hydroxylation is 1. The van der Waals surface area contributed by atoms with E-state index in [1.54, 1.807) is 13.0 Å². The quantitative estimate of drug-likeness (QED) is 0.656. The minimum Gasteiger partial charge on any atom is -0.490 e. The van der Waals surface area contributed by atoms with Gasteiger partial charge in [0.15, 0.2) is 0 Å². The van der Waals surface area contributed by atoms with Crippen molar-refractivity contribution in [3.8, 4) is 5.75 Å². The Labute approximate surface area is 153 Å². The molecule has 1 amide bonds. The smallest absolute Gasteiger partial charge is 0.446 e. The van der Waals surface area contributed by atoms with Gasteiger partial charge < -0.3 is 9.47 Å². The lowest BCUT2D eigenvalue weighted by Gasteiger charge is -2.16. The summed E-state index contributed by atoms with van der Waals surface area (Å²) in [5.74, 6) is 0.646. The molecule has 1 N–H and O–H groups in total. The number of amides is 1. The highest BCUT2D eigenvalue weighted by Gasteiger charge is 2.30. The van der Waals surface area contributed by atoms with E-state index in [1.165, 1.54) is 24.3 Å². The van der Waals surface area contributed by atoms with Crippen LogP contribution in [0.15, 0.2) is 53.4 Å². The van der Waals surface area contributed by atoms with Crippen LogP contribution in [0.25, 0.3) is 0 Å². The molecule has 1 atom stereocenters. The Balaban J connectivity index is 1.88. The average Bonchev–Trinajstić information content (AvgIpc) is 2.53. The molecule has 0 bridgehead atoms. The van der Waals surface area contributed by atoms with Crippen molar-refractivity contribution >= 4 is 23.5 Å². The number of ether oxygens (including phenoxy) is 2. The molecule has 0 spiro atoms. The molecule has 2 rings (SSSR count). The Morgan fingerprint density at radius 3 is 2.62 bits per heavy atom. The maximum absolute atomic E-state index is 12.6. The van der Waals surface area contributed by atoms with Gasteiger partial charge in [-0.15, -0.1) is 0 Å². The normalized spacial score (nSPS) is 12.3. The van der Waals surface area contributed by atoms with Gasteiger partial charge in [0.1, 0.15) is 18.5 Å². The van der Waals surface area contributed by atoms with E-state index in [0.717, 1.165) is 5.56 Å². The van der Waals surface area contributed by atoms with Crippen molar-refractivity contribution < 1.29 is 27.4 Å². The number of halogens is 3. The number of alkyl halides is 3. The van der Waals surface area contributed by atoms with E-state index in [2.05, 4.69) is 5.32 Å². The molecule has 0 radical (unpaired) electrons. The second kappa shape index (κ2) is 8.84. The number of hydrogen-bond acceptors (Lipinski definition) is 4. The highest BCUT2D eigenvalue weighted by Crippen LogP contribution is 2.40. The topological polar surface area (TPSA) is 47.6 Å². The maximum atomic E-state index is 12.6. The summed E-state index contributed by atoms with van der Waals surface area (Å²) < 4.78 is 48.3. The third-order valence-electron chi connectivity index (χ3n) is 3.13. The molecule has 2 aromatic rings. The monoisotopic (exact) mass is 385 g/mol. The molecule has 4 nitrogen and oxygen atoms in total. The minimum atomic E-state index is -4.45. The predicted octanol–water partition coefficient (Wildman–Crippen LogP) is 5.62. The van der Waals surface area contributed by atoms with E-state index in [4.69, 9.17) is 9.47 Å². The second-order valence-electron chi connectivity index (χ2n) is 5.51. The number of carbonyl (C=O) groups excluding carboxylic acids is 1. The Bertz CT molecular complexity index is 752. The highest BCUT2D eigenvalue weighted by atomic mass is 32.2. The van der Waals surface area contributed by atoms with Gasteiger partial charge in [0.25, 0.3) is 0 Å². The zero-order valence-electron chi connectivity index (χ0n) is 14.2. The van der Waals surface area contributed by atoms with Crippen molar-refractivity contribution in [2.75, 3.05) is 11.9 Å². The van der Waals surface area contributed by atoms with Gasteiger partial charge in [0.05, 0.1) is 5.69 Å². The first-order valence-electron chi connectivity index (χ1n) is 7.75. The van der Waals surface area contributed by atoms with Crippen molar-refractivity contribution in [1.82, 2.24) is 0 Å². The third kappa shape index (κ3) is 6.87. The second-order valence-corrected chi connectivity index (χ2v) is 6.62. The Hall–Kier alpha value is -2.35. The van der Waals surface area contributed by atoms with E-state index in [0.29, 0.717) is 5.75 Å². The SMILES string of the molecule is Cc1cccc(OCC(C)OC(=O)Nc2ccccc2SC(F)(F)F)c1. The van der Waals surface area contributed by atoms with Crippen LogP contribution in [0.3, 0.4) is 0 Å². The summed E-state index contributed by atoms with van der Waals surface area (Å²) in [4.78, 5) is 11.8. The Morgan fingerprint density at radius 2 is 1.92 bits per heavy atom. The Morgan fingerprint density at radius 1 is 1.19 bits per heavy atom. The highest BCUT2D eigenvalue weighted by molar-refractivity contribution is 8.00. The van der Waals surface area contributed by atoms with Crippen LogP contribution >= 0.6 is 11.8 Å². The zero-order valence-corrected chi connectivity index (χ0v) is 15.0. The molecular weight excluding hydrogens is 367 g/mol. The predicted molar refractivity (Wildman–Crippen MR) is 94.6 cm³/mol.